The van der Waals surface area contributed by atoms with E-state index in [0.717, 1.165) is 126 Å². The summed E-state index contributed by atoms with van der Waals surface area (Å²) in [6.45, 7) is 14.8. The first kappa shape index (κ1) is 58.3. The number of aryl methyl sites for hydroxylation is 1. The number of nitrogens with zero attached hydrogens (tertiary/aromatic N) is 9. The largest absolute Gasteiger partial charge is 0.486 e. The number of rotatable bonds is 19. The van der Waals surface area contributed by atoms with Gasteiger partial charge >= 0.3 is 6.01 Å². The fraction of sp³-hybridized carbons (Fsp3) is 0.429. The molecule has 6 atom stereocenters. The highest BCUT2D eigenvalue weighted by Crippen LogP contribution is 2.53. The first-order valence-corrected chi connectivity index (χ1v) is 28.7. The molecule has 1 unspecified atom stereocenters. The van der Waals surface area contributed by atoms with E-state index in [4.69, 9.17) is 29.3 Å². The van der Waals surface area contributed by atoms with Gasteiger partial charge < -0.3 is 44.9 Å². The van der Waals surface area contributed by atoms with E-state index in [1.165, 1.54) is 6.07 Å². The van der Waals surface area contributed by atoms with Crippen molar-refractivity contribution >= 4 is 39.9 Å². The number of methoxy groups -OCH3 is 1. The van der Waals surface area contributed by atoms with Gasteiger partial charge in [0, 0.05) is 96.9 Å². The van der Waals surface area contributed by atoms with E-state index in [0.29, 0.717) is 46.5 Å². The zero-order valence-electron chi connectivity index (χ0n) is 48.5. The summed E-state index contributed by atoms with van der Waals surface area (Å²) in [5.41, 5.74) is 10.9. The molecular formula is C63H75FN12O7. The molecule has 12 rings (SSSR count). The third-order valence-electron chi connectivity index (χ3n) is 16.6. The smallest absolute Gasteiger partial charge is 0.319 e. The van der Waals surface area contributed by atoms with Crippen molar-refractivity contribution < 1.29 is 38.4 Å². The average molecular weight is 1130 g/mol. The first-order valence-electron chi connectivity index (χ1n) is 28.7. The van der Waals surface area contributed by atoms with Crippen LogP contribution in [0.2, 0.25) is 0 Å². The lowest BCUT2D eigenvalue weighted by molar-refractivity contribution is -0.137. The van der Waals surface area contributed by atoms with Crippen LogP contribution in [0, 0.1) is 25.6 Å². The Hall–Kier alpha value is -7.91. The number of hydrogen-bond acceptors (Lipinski definition) is 15. The standard InChI is InChI=1S/C47H55FN10O4.C15H16N2O2.CH4O/c1-25(2)43(46(59)56-15-7-8-26(56)3)58-22-39(54-55-58)31-11-9-29(10-12-31)24-61-44-41(40-28(5)37(48)18-38-36(40)20-50-53-38)34(30-13-14-30)17-35-42(44)51-47(62-23-27(4)60-6)52-45(35)57-21-32-16-33(57)19-49-32;1-11-14(3-2-8-16-11)12-4-6-13(7-5-12)15(9-18)17-10-19;1-2/h9-12,17-18,20,22,25-27,30,32-33,43,49H,7-8,13-16,19,21,23-24H2,1-6H3,(H,50,53);2-8,10,15,18H,9H2,1H3,(H,17,19);2H,1H3/t26-,27+,32+,33+,43?;15-;/m10./s1. The van der Waals surface area contributed by atoms with Crippen molar-refractivity contribution in [3.05, 3.63) is 125 Å². The summed E-state index contributed by atoms with van der Waals surface area (Å²) in [5.74, 6) is 1.46. The molecule has 19 nitrogen and oxygen atoms in total. The SMILES string of the molecule is CO.CO[C@@H](C)COc1nc(N2C[C@@H]3C[C@H]2CN3)c2cc(C3CC3)c(-c3c(C)c(F)cc4[nH]ncc34)c(OCc3ccc(-c4cn(C(C(=O)N5CCC[C@H]5C)C(C)C)nn4)cc3)c2n1.Cc1ncccc1-c1ccc([C@H](CO)NC=O)cc1. The van der Waals surface area contributed by atoms with Crippen LogP contribution >= 0.6 is 0 Å². The van der Waals surface area contributed by atoms with Gasteiger partial charge in [-0.3, -0.25) is 19.7 Å². The fourth-order valence-electron chi connectivity index (χ4n) is 11.8. The molecule has 5 N–H and O–H groups in total. The first-order chi connectivity index (χ1) is 40.3. The number of carbonyl (C=O) groups is 2. The molecule has 4 aromatic carbocycles. The van der Waals surface area contributed by atoms with E-state index in [1.54, 1.807) is 24.2 Å². The molecule has 4 aromatic heterocycles. The molecule has 436 valence electrons. The molecule has 4 fully saturated rings. The number of aliphatic hydroxyl groups excluding tert-OH is 2. The number of pyridine rings is 1. The van der Waals surface area contributed by atoms with Crippen molar-refractivity contribution in [3.63, 3.8) is 0 Å². The summed E-state index contributed by atoms with van der Waals surface area (Å²) >= 11 is 0. The molecule has 2 bridgehead atoms. The lowest BCUT2D eigenvalue weighted by Gasteiger charge is -2.30. The van der Waals surface area contributed by atoms with Crippen LogP contribution in [0.15, 0.2) is 91.4 Å². The van der Waals surface area contributed by atoms with E-state index < -0.39 is 6.04 Å². The van der Waals surface area contributed by atoms with E-state index in [9.17, 15) is 14.7 Å². The van der Waals surface area contributed by atoms with Gasteiger partial charge in [0.05, 0.1) is 36.7 Å². The molecule has 4 aliphatic rings. The van der Waals surface area contributed by atoms with Crippen molar-refractivity contribution in [1.82, 2.24) is 55.7 Å². The molecule has 1 aliphatic carbocycles. The van der Waals surface area contributed by atoms with Crippen LogP contribution in [0.4, 0.5) is 10.2 Å². The van der Waals surface area contributed by atoms with Crippen molar-refractivity contribution in [2.24, 2.45) is 5.92 Å². The number of anilines is 1. The predicted octanol–water partition coefficient (Wildman–Crippen LogP) is 8.95. The normalized spacial score (nSPS) is 18.4. The van der Waals surface area contributed by atoms with Crippen LogP contribution in [0.1, 0.15) is 106 Å². The third kappa shape index (κ3) is 12.3. The van der Waals surface area contributed by atoms with Gasteiger partial charge in [-0.15, -0.1) is 5.10 Å². The van der Waals surface area contributed by atoms with Gasteiger partial charge in [-0.25, -0.2) is 9.07 Å². The Bertz CT molecular complexity index is 3550. The number of hydrogen-bond donors (Lipinski definition) is 5. The number of nitrogens with one attached hydrogen (secondary N) is 3. The van der Waals surface area contributed by atoms with Gasteiger partial charge in [-0.05, 0) is 118 Å². The Morgan fingerprint density at radius 2 is 1.73 bits per heavy atom. The maximum Gasteiger partial charge on any atom is 0.319 e. The molecule has 0 spiro atoms. The maximum absolute atomic E-state index is 15.9. The van der Waals surface area contributed by atoms with Crippen LogP contribution in [0.25, 0.3) is 55.3 Å². The lowest BCUT2D eigenvalue weighted by atomic mass is 9.88. The van der Waals surface area contributed by atoms with Crippen molar-refractivity contribution in [1.29, 1.82) is 0 Å². The van der Waals surface area contributed by atoms with Crippen molar-refractivity contribution in [2.75, 3.05) is 52.0 Å². The molecule has 1 saturated carbocycles. The van der Waals surface area contributed by atoms with E-state index in [1.807, 2.05) is 92.5 Å². The van der Waals surface area contributed by atoms with Gasteiger partial charge in [0.15, 0.2) is 5.75 Å². The molecule has 0 radical (unpaired) electrons. The highest BCUT2D eigenvalue weighted by Gasteiger charge is 2.41. The predicted molar refractivity (Wildman–Crippen MR) is 316 cm³/mol. The van der Waals surface area contributed by atoms with E-state index in [-0.39, 0.29) is 67.6 Å². The van der Waals surface area contributed by atoms with Gasteiger partial charge in [0.2, 0.25) is 12.3 Å². The fourth-order valence-corrected chi connectivity index (χ4v) is 11.8. The van der Waals surface area contributed by atoms with Gasteiger partial charge in [-0.2, -0.15) is 15.1 Å². The molecule has 7 heterocycles. The second-order valence-corrected chi connectivity index (χ2v) is 22.4. The molecular weight excluding hydrogens is 1060 g/mol. The molecule has 3 aliphatic heterocycles. The number of aliphatic hydroxyl groups is 2. The van der Waals surface area contributed by atoms with Crippen molar-refractivity contribution in [3.8, 4) is 45.3 Å². The minimum absolute atomic E-state index is 0.0462. The highest BCUT2D eigenvalue weighted by atomic mass is 19.1. The molecule has 20 heteroatoms. The Kier molecular flexibility index (Phi) is 18.1. The number of fused-ring (bicyclic) bond motifs is 4. The van der Waals surface area contributed by atoms with Crippen LogP contribution in [0.3, 0.4) is 0 Å². The Morgan fingerprint density at radius 1 is 0.964 bits per heavy atom. The van der Waals surface area contributed by atoms with Gasteiger partial charge in [0.1, 0.15) is 42.1 Å². The number of likely N-dealkylation sites (tertiary alicyclic amines) is 1. The summed E-state index contributed by atoms with van der Waals surface area (Å²) < 4.78 is 36.5. The summed E-state index contributed by atoms with van der Waals surface area (Å²) in [5, 5.41) is 40.4. The second-order valence-electron chi connectivity index (χ2n) is 22.4. The van der Waals surface area contributed by atoms with E-state index in [2.05, 4.69) is 67.9 Å². The highest BCUT2D eigenvalue weighted by molar-refractivity contribution is 6.06. The number of benzene rings is 4. The Labute approximate surface area is 483 Å². The number of ether oxygens (including phenoxy) is 3. The summed E-state index contributed by atoms with van der Waals surface area (Å²) in [6.07, 6.45) is 10.9. The van der Waals surface area contributed by atoms with Gasteiger partial charge in [0.25, 0.3) is 0 Å². The minimum atomic E-state index is -0.430. The van der Waals surface area contributed by atoms with E-state index >= 15 is 4.39 Å². The number of aromatic amines is 1. The number of amides is 2. The van der Waals surface area contributed by atoms with Crippen molar-refractivity contribution in [2.45, 2.75) is 122 Å². The Morgan fingerprint density at radius 3 is 2.39 bits per heavy atom. The number of carbonyl (C=O) groups excluding carboxylic acids is 2. The van der Waals surface area contributed by atoms with Gasteiger partial charge in [-0.1, -0.05) is 73.7 Å². The number of H-pyrrole nitrogens is 1. The monoisotopic (exact) mass is 1130 g/mol. The number of halogens is 1. The summed E-state index contributed by atoms with van der Waals surface area (Å²) in [7, 11) is 2.65. The Balaban J connectivity index is 0.000000310. The molecule has 3 saturated heterocycles. The molecule has 83 heavy (non-hydrogen) atoms. The number of aromatic nitrogens is 8. The van der Waals surface area contributed by atoms with Crippen LogP contribution in [-0.4, -0.2) is 139 Å². The maximum atomic E-state index is 15.9. The second kappa shape index (κ2) is 25.7. The third-order valence-corrected chi connectivity index (χ3v) is 16.6. The topological polar surface area (TPSA) is 231 Å². The minimum Gasteiger partial charge on any atom is -0.486 e. The molecule has 2 amide bonds. The quantitative estimate of drug-likeness (QED) is 0.0476. The van der Waals surface area contributed by atoms with Crippen LogP contribution in [0.5, 0.6) is 11.8 Å². The van der Waals surface area contributed by atoms with Crippen LogP contribution in [-0.2, 0) is 20.9 Å². The molecule has 8 aromatic rings. The summed E-state index contributed by atoms with van der Waals surface area (Å²) in [4.78, 5) is 43.0. The summed E-state index contributed by atoms with van der Waals surface area (Å²) in [6, 6.07) is 23.8. The zero-order chi connectivity index (χ0) is 58.5. The zero-order valence-corrected chi connectivity index (χ0v) is 48.5. The average Bonchev–Trinajstić information content (AvgIpc) is 2.34. The lowest BCUT2D eigenvalue weighted by Crippen LogP contribution is -2.44. The number of piperazine rings is 1. The van der Waals surface area contributed by atoms with Crippen LogP contribution < -0.4 is 25.0 Å².